The monoisotopic (exact) mass is 551 g/mol. The summed E-state index contributed by atoms with van der Waals surface area (Å²) in [4.78, 5) is 42.3. The molecule has 3 N–H and O–H groups in total. The van der Waals surface area contributed by atoms with Gasteiger partial charge in [-0.25, -0.2) is 4.79 Å². The number of halogens is 1. The summed E-state index contributed by atoms with van der Waals surface area (Å²) in [5, 5.41) is 11.4. The highest BCUT2D eigenvalue weighted by molar-refractivity contribution is 6.02. The second-order valence-corrected chi connectivity index (χ2v) is 9.29. The molecule has 2 amide bonds. The number of ether oxygens (including phenoxy) is 1. The van der Waals surface area contributed by atoms with E-state index in [1.165, 1.54) is 0 Å². The van der Waals surface area contributed by atoms with Gasteiger partial charge in [0, 0.05) is 16.8 Å². The number of benzene rings is 3. The van der Waals surface area contributed by atoms with Crippen LogP contribution in [0.2, 0.25) is 0 Å². The van der Waals surface area contributed by atoms with Crippen LogP contribution in [0.1, 0.15) is 24.5 Å². The Kier molecular flexibility index (Phi) is 8.37. The maximum Gasteiger partial charge on any atom is 0.439 e. The van der Waals surface area contributed by atoms with Crippen molar-refractivity contribution >= 4 is 40.7 Å². The van der Waals surface area contributed by atoms with Crippen molar-refractivity contribution in [3.8, 4) is 17.1 Å². The van der Waals surface area contributed by atoms with Gasteiger partial charge < -0.3 is 20.3 Å². The number of methoxy groups -OCH3 is 1. The van der Waals surface area contributed by atoms with Crippen LogP contribution in [0, 0.1) is 0 Å². The molecule has 1 aromatic heterocycles. The number of para-hydroxylation sites is 1. The molecule has 2 unspecified atom stereocenters. The molecule has 0 saturated heterocycles. The van der Waals surface area contributed by atoms with Gasteiger partial charge >= 0.3 is 5.76 Å². The van der Waals surface area contributed by atoms with Gasteiger partial charge in [-0.3, -0.25) is 19.1 Å². The molecule has 0 spiro atoms. The average Bonchev–Trinajstić information content (AvgIpc) is 3.33. The molecular formula is C28H30ClN5O5. The van der Waals surface area contributed by atoms with E-state index in [9.17, 15) is 14.4 Å². The van der Waals surface area contributed by atoms with Gasteiger partial charge in [0.25, 0.3) is 0 Å². The smallest absolute Gasteiger partial charge is 0.439 e. The highest BCUT2D eigenvalue weighted by atomic mass is 35.5. The molecule has 204 valence electrons. The number of aryl methyl sites for hydroxylation is 1. The SMILES string of the molecule is CNC(C)C(=O)NC1CCc2ccccc2N(Cc2c(OC)ccc3cc(-c4noc(=O)[nH]4)ccc23)C1=O.Cl. The van der Waals surface area contributed by atoms with E-state index in [0.717, 1.165) is 27.6 Å². The van der Waals surface area contributed by atoms with E-state index in [0.29, 0.717) is 30.0 Å². The van der Waals surface area contributed by atoms with Crippen molar-refractivity contribution < 1.29 is 18.8 Å². The number of carbonyl (C=O) groups excluding carboxylic acids is 2. The summed E-state index contributed by atoms with van der Waals surface area (Å²) in [6.07, 6.45) is 1.16. The average molecular weight is 552 g/mol. The minimum atomic E-state index is -0.665. The van der Waals surface area contributed by atoms with Crippen LogP contribution in [-0.4, -0.2) is 48.2 Å². The molecule has 10 nitrogen and oxygen atoms in total. The van der Waals surface area contributed by atoms with E-state index < -0.39 is 17.8 Å². The predicted molar refractivity (Wildman–Crippen MR) is 150 cm³/mol. The Balaban J connectivity index is 0.00000353. The summed E-state index contributed by atoms with van der Waals surface area (Å²) in [5.74, 6) is -0.0562. The number of carbonyl (C=O) groups is 2. The first kappa shape index (κ1) is 27.9. The Morgan fingerprint density at radius 2 is 2.00 bits per heavy atom. The molecule has 2 atom stereocenters. The number of fused-ring (bicyclic) bond motifs is 2. The second kappa shape index (κ2) is 11.7. The maximum absolute atomic E-state index is 13.9. The standard InChI is InChI=1S/C28H29N5O5.ClH/c1-16(29-2)26(34)30-22-12-9-17-6-4-5-7-23(17)33(27(22)35)15-21-20-11-8-19(25-31-28(36)38-32-25)14-18(20)10-13-24(21)37-3;/h4-8,10-11,13-14,16,22,29H,9,12,15H2,1-3H3,(H,30,34)(H,31,32,36);1H. The number of nitrogens with zero attached hydrogens (tertiary/aromatic N) is 2. The molecule has 3 aromatic carbocycles. The van der Waals surface area contributed by atoms with Crippen molar-refractivity contribution in [3.05, 3.63) is 76.3 Å². The number of anilines is 1. The zero-order valence-corrected chi connectivity index (χ0v) is 22.6. The van der Waals surface area contributed by atoms with Gasteiger partial charge in [0.1, 0.15) is 11.8 Å². The predicted octanol–water partition coefficient (Wildman–Crippen LogP) is 3.19. The molecule has 0 fully saturated rings. The van der Waals surface area contributed by atoms with Crippen LogP contribution < -0.4 is 26.0 Å². The lowest BCUT2D eigenvalue weighted by molar-refractivity contribution is -0.128. The maximum atomic E-state index is 13.9. The van der Waals surface area contributed by atoms with Crippen LogP contribution in [0.4, 0.5) is 5.69 Å². The normalized spacial score (nSPS) is 15.7. The van der Waals surface area contributed by atoms with E-state index in [-0.39, 0.29) is 30.8 Å². The van der Waals surface area contributed by atoms with Gasteiger partial charge in [0.2, 0.25) is 11.8 Å². The first-order chi connectivity index (χ1) is 18.4. The van der Waals surface area contributed by atoms with Gasteiger partial charge in [-0.1, -0.05) is 41.6 Å². The van der Waals surface area contributed by atoms with Crippen molar-refractivity contribution in [1.29, 1.82) is 0 Å². The van der Waals surface area contributed by atoms with Crippen molar-refractivity contribution in [1.82, 2.24) is 20.8 Å². The number of aromatic nitrogens is 2. The lowest BCUT2D eigenvalue weighted by Gasteiger charge is -2.28. The number of aromatic amines is 1. The molecule has 0 radical (unpaired) electrons. The lowest BCUT2D eigenvalue weighted by atomic mass is 10.00. The quantitative estimate of drug-likeness (QED) is 0.321. The van der Waals surface area contributed by atoms with Crippen molar-refractivity contribution in [3.63, 3.8) is 0 Å². The Morgan fingerprint density at radius 3 is 2.72 bits per heavy atom. The van der Waals surface area contributed by atoms with Crippen molar-refractivity contribution in [2.45, 2.75) is 38.4 Å². The fraction of sp³-hybridized carbons (Fsp3) is 0.286. The van der Waals surface area contributed by atoms with E-state index in [1.807, 2.05) is 54.6 Å². The van der Waals surface area contributed by atoms with Crippen LogP contribution in [0.25, 0.3) is 22.2 Å². The molecule has 0 aliphatic carbocycles. The van der Waals surface area contributed by atoms with E-state index in [4.69, 9.17) is 4.74 Å². The molecule has 39 heavy (non-hydrogen) atoms. The van der Waals surface area contributed by atoms with Crippen molar-refractivity contribution in [2.75, 3.05) is 19.1 Å². The topological polar surface area (TPSA) is 130 Å². The highest BCUT2D eigenvalue weighted by Crippen LogP contribution is 2.35. The first-order valence-corrected chi connectivity index (χ1v) is 12.4. The Bertz CT molecular complexity index is 1570. The summed E-state index contributed by atoms with van der Waals surface area (Å²) in [7, 11) is 3.30. The molecule has 4 aromatic rings. The third kappa shape index (κ3) is 5.52. The number of amides is 2. The second-order valence-electron chi connectivity index (χ2n) is 9.29. The van der Waals surface area contributed by atoms with Gasteiger partial charge in [-0.15, -0.1) is 12.4 Å². The Hall–Kier alpha value is -4.15. The zero-order valence-electron chi connectivity index (χ0n) is 21.8. The van der Waals surface area contributed by atoms with Crippen LogP contribution in [0.15, 0.2) is 63.9 Å². The Morgan fingerprint density at radius 1 is 1.21 bits per heavy atom. The van der Waals surface area contributed by atoms with Crippen LogP contribution in [-0.2, 0) is 22.6 Å². The van der Waals surface area contributed by atoms with Crippen LogP contribution in [0.3, 0.4) is 0 Å². The van der Waals surface area contributed by atoms with E-state index in [1.54, 1.807) is 26.0 Å². The summed E-state index contributed by atoms with van der Waals surface area (Å²) in [6.45, 7) is 2.00. The van der Waals surface area contributed by atoms with Gasteiger partial charge in [-0.05, 0) is 61.3 Å². The number of hydrogen-bond donors (Lipinski definition) is 3. The van der Waals surface area contributed by atoms with Gasteiger partial charge in [-0.2, -0.15) is 0 Å². The zero-order chi connectivity index (χ0) is 26.8. The van der Waals surface area contributed by atoms with Gasteiger partial charge in [0.15, 0.2) is 5.82 Å². The third-order valence-electron chi connectivity index (χ3n) is 7.03. The molecule has 1 aliphatic rings. The number of likely N-dealkylation sites (N-methyl/N-ethyl adjacent to an activating group) is 1. The third-order valence-corrected chi connectivity index (χ3v) is 7.03. The summed E-state index contributed by atoms with van der Waals surface area (Å²) < 4.78 is 10.4. The number of rotatable bonds is 7. The largest absolute Gasteiger partial charge is 0.496 e. The van der Waals surface area contributed by atoms with Gasteiger partial charge in [0.05, 0.1) is 19.7 Å². The number of H-pyrrole nitrogens is 1. The molecule has 0 saturated carbocycles. The first-order valence-electron chi connectivity index (χ1n) is 12.4. The lowest BCUT2D eigenvalue weighted by Crippen LogP contribution is -2.52. The van der Waals surface area contributed by atoms with Crippen LogP contribution >= 0.6 is 12.4 Å². The minimum Gasteiger partial charge on any atom is -0.496 e. The molecule has 5 rings (SSSR count). The summed E-state index contributed by atoms with van der Waals surface area (Å²) in [6, 6.07) is 16.1. The van der Waals surface area contributed by atoms with Crippen LogP contribution in [0.5, 0.6) is 5.75 Å². The number of nitrogens with one attached hydrogen (secondary N) is 3. The molecule has 2 heterocycles. The van der Waals surface area contributed by atoms with E-state index >= 15 is 0 Å². The fourth-order valence-corrected chi connectivity index (χ4v) is 4.83. The minimum absolute atomic E-state index is 0. The molecule has 11 heteroatoms. The Labute approximate surface area is 231 Å². The number of hydrogen-bond acceptors (Lipinski definition) is 7. The summed E-state index contributed by atoms with van der Waals surface area (Å²) in [5.41, 5.74) is 3.36. The highest BCUT2D eigenvalue weighted by Gasteiger charge is 2.33. The molecule has 1 aliphatic heterocycles. The summed E-state index contributed by atoms with van der Waals surface area (Å²) >= 11 is 0. The molecular weight excluding hydrogens is 522 g/mol. The van der Waals surface area contributed by atoms with Crippen molar-refractivity contribution in [2.24, 2.45) is 0 Å². The fourth-order valence-electron chi connectivity index (χ4n) is 4.83. The van der Waals surface area contributed by atoms with E-state index in [2.05, 4.69) is 25.3 Å². The molecule has 0 bridgehead atoms.